The van der Waals surface area contributed by atoms with E-state index < -0.39 is 5.54 Å². The number of esters is 1. The summed E-state index contributed by atoms with van der Waals surface area (Å²) in [5, 5.41) is 0. The lowest BCUT2D eigenvalue weighted by Crippen LogP contribution is -2.53. The standard InChI is InChI=1S/C15H27NO4/c1-6-19-13(17)10-16(15(3,4)5)14(18)12-8-7-9-20-11(12)2/h11-12H,6-10H2,1-5H3/t11-,12+/m1/s1. The van der Waals surface area contributed by atoms with Crippen LogP contribution in [0.15, 0.2) is 0 Å². The van der Waals surface area contributed by atoms with Crippen molar-refractivity contribution < 1.29 is 19.1 Å². The fraction of sp³-hybridized carbons (Fsp3) is 0.867. The van der Waals surface area contributed by atoms with Crippen molar-refractivity contribution in [3.63, 3.8) is 0 Å². The second-order valence-corrected chi connectivity index (χ2v) is 6.22. The highest BCUT2D eigenvalue weighted by Gasteiger charge is 2.37. The molecule has 0 saturated carbocycles. The number of ether oxygens (including phenoxy) is 2. The van der Waals surface area contributed by atoms with E-state index in [1.807, 2.05) is 27.7 Å². The predicted octanol–water partition coefficient (Wildman–Crippen LogP) is 1.99. The predicted molar refractivity (Wildman–Crippen MR) is 76.2 cm³/mol. The zero-order valence-electron chi connectivity index (χ0n) is 13.3. The average Bonchev–Trinajstić information content (AvgIpc) is 2.35. The van der Waals surface area contributed by atoms with E-state index in [0.717, 1.165) is 12.8 Å². The van der Waals surface area contributed by atoms with Gasteiger partial charge in [-0.1, -0.05) is 0 Å². The van der Waals surface area contributed by atoms with Gasteiger partial charge < -0.3 is 14.4 Å². The van der Waals surface area contributed by atoms with Gasteiger partial charge in [0.15, 0.2) is 0 Å². The Labute approximate surface area is 121 Å². The summed E-state index contributed by atoms with van der Waals surface area (Å²) in [5.41, 5.74) is -0.416. The van der Waals surface area contributed by atoms with E-state index in [2.05, 4.69) is 0 Å². The number of carbonyl (C=O) groups excluding carboxylic acids is 2. The minimum absolute atomic E-state index is 0.000602. The molecule has 1 rings (SSSR count). The van der Waals surface area contributed by atoms with Crippen molar-refractivity contribution in [2.45, 2.75) is 59.1 Å². The summed E-state index contributed by atoms with van der Waals surface area (Å²) in [6.07, 6.45) is 1.61. The van der Waals surface area contributed by atoms with Crippen LogP contribution in [0.25, 0.3) is 0 Å². The molecule has 0 N–H and O–H groups in total. The highest BCUT2D eigenvalue weighted by atomic mass is 16.5. The summed E-state index contributed by atoms with van der Waals surface area (Å²) in [6.45, 7) is 10.5. The SMILES string of the molecule is CCOC(=O)CN(C(=O)[C@H]1CCCO[C@@H]1C)C(C)(C)C. The summed E-state index contributed by atoms with van der Waals surface area (Å²) in [4.78, 5) is 26.1. The monoisotopic (exact) mass is 285 g/mol. The zero-order valence-corrected chi connectivity index (χ0v) is 13.3. The van der Waals surface area contributed by atoms with Crippen LogP contribution in [-0.2, 0) is 19.1 Å². The Morgan fingerprint density at radius 2 is 2.00 bits per heavy atom. The molecule has 116 valence electrons. The van der Waals surface area contributed by atoms with Crippen LogP contribution in [0.3, 0.4) is 0 Å². The number of nitrogens with zero attached hydrogens (tertiary/aromatic N) is 1. The van der Waals surface area contributed by atoms with Crippen LogP contribution >= 0.6 is 0 Å². The van der Waals surface area contributed by atoms with Crippen LogP contribution in [0.4, 0.5) is 0 Å². The Bertz CT molecular complexity index is 348. The molecule has 1 amide bonds. The van der Waals surface area contributed by atoms with E-state index in [9.17, 15) is 9.59 Å². The van der Waals surface area contributed by atoms with Gasteiger partial charge in [0.2, 0.25) is 5.91 Å². The maximum Gasteiger partial charge on any atom is 0.325 e. The van der Waals surface area contributed by atoms with Gasteiger partial charge in [-0.2, -0.15) is 0 Å². The van der Waals surface area contributed by atoms with Crippen LogP contribution in [0, 0.1) is 5.92 Å². The normalized spacial score (nSPS) is 23.2. The number of hydrogen-bond acceptors (Lipinski definition) is 4. The van der Waals surface area contributed by atoms with Crippen LogP contribution in [0.2, 0.25) is 0 Å². The third kappa shape index (κ3) is 4.47. The molecule has 0 aromatic rings. The molecule has 0 unspecified atom stereocenters. The van der Waals surface area contributed by atoms with Gasteiger partial charge in [0.1, 0.15) is 6.54 Å². The highest BCUT2D eigenvalue weighted by Crippen LogP contribution is 2.26. The van der Waals surface area contributed by atoms with E-state index >= 15 is 0 Å². The first-order valence-electron chi connectivity index (χ1n) is 7.36. The van der Waals surface area contributed by atoms with Crippen molar-refractivity contribution in [3.05, 3.63) is 0 Å². The Balaban J connectivity index is 2.81. The molecule has 5 heteroatoms. The van der Waals surface area contributed by atoms with Crippen molar-refractivity contribution in [2.75, 3.05) is 19.8 Å². The van der Waals surface area contributed by atoms with Crippen molar-refractivity contribution in [2.24, 2.45) is 5.92 Å². The lowest BCUT2D eigenvalue weighted by Gasteiger charge is -2.39. The lowest BCUT2D eigenvalue weighted by molar-refractivity contribution is -0.158. The van der Waals surface area contributed by atoms with Crippen molar-refractivity contribution >= 4 is 11.9 Å². The zero-order chi connectivity index (χ0) is 15.3. The minimum Gasteiger partial charge on any atom is -0.465 e. The molecular weight excluding hydrogens is 258 g/mol. The molecule has 1 heterocycles. The smallest absolute Gasteiger partial charge is 0.325 e. The summed E-state index contributed by atoms with van der Waals surface area (Å²) < 4.78 is 10.5. The van der Waals surface area contributed by atoms with E-state index in [0.29, 0.717) is 13.2 Å². The third-order valence-electron chi connectivity index (χ3n) is 3.59. The topological polar surface area (TPSA) is 55.8 Å². The van der Waals surface area contributed by atoms with Crippen LogP contribution < -0.4 is 0 Å². The summed E-state index contributed by atoms with van der Waals surface area (Å²) >= 11 is 0. The Kier molecular flexibility index (Phi) is 5.99. The van der Waals surface area contributed by atoms with Gasteiger partial charge in [-0.25, -0.2) is 0 Å². The maximum atomic E-state index is 12.7. The van der Waals surface area contributed by atoms with Gasteiger partial charge in [0.05, 0.1) is 18.6 Å². The molecule has 1 aliphatic rings. The van der Waals surface area contributed by atoms with E-state index in [1.165, 1.54) is 0 Å². The Morgan fingerprint density at radius 1 is 1.35 bits per heavy atom. The molecule has 0 spiro atoms. The van der Waals surface area contributed by atoms with Crippen LogP contribution in [0.1, 0.15) is 47.5 Å². The maximum absolute atomic E-state index is 12.7. The molecule has 1 saturated heterocycles. The molecule has 1 fully saturated rings. The number of amides is 1. The fourth-order valence-corrected chi connectivity index (χ4v) is 2.43. The third-order valence-corrected chi connectivity index (χ3v) is 3.59. The molecule has 0 aromatic carbocycles. The molecule has 1 aliphatic heterocycles. The summed E-state index contributed by atoms with van der Waals surface area (Å²) in [5.74, 6) is -0.546. The Hall–Kier alpha value is -1.10. The second-order valence-electron chi connectivity index (χ2n) is 6.22. The first-order chi connectivity index (χ1) is 9.27. The first-order valence-corrected chi connectivity index (χ1v) is 7.36. The number of carbonyl (C=O) groups is 2. The van der Waals surface area contributed by atoms with Crippen molar-refractivity contribution in [3.8, 4) is 0 Å². The number of rotatable bonds is 4. The van der Waals surface area contributed by atoms with E-state index in [-0.39, 0.29) is 30.4 Å². The van der Waals surface area contributed by atoms with Gasteiger partial charge in [-0.3, -0.25) is 9.59 Å². The van der Waals surface area contributed by atoms with Gasteiger partial charge in [0, 0.05) is 12.1 Å². The molecule has 0 bridgehead atoms. The quantitative estimate of drug-likeness (QED) is 0.741. The van der Waals surface area contributed by atoms with Gasteiger partial charge >= 0.3 is 5.97 Å². The second kappa shape index (κ2) is 7.07. The molecule has 0 aromatic heterocycles. The molecule has 20 heavy (non-hydrogen) atoms. The van der Waals surface area contributed by atoms with Gasteiger partial charge in [-0.05, 0) is 47.5 Å². The van der Waals surface area contributed by atoms with Crippen molar-refractivity contribution in [1.29, 1.82) is 0 Å². The largest absolute Gasteiger partial charge is 0.465 e. The molecule has 0 radical (unpaired) electrons. The molecule has 0 aliphatic carbocycles. The highest BCUT2D eigenvalue weighted by molar-refractivity contribution is 5.84. The van der Waals surface area contributed by atoms with Crippen molar-refractivity contribution in [1.82, 2.24) is 4.90 Å². The van der Waals surface area contributed by atoms with Gasteiger partial charge in [-0.15, -0.1) is 0 Å². The Morgan fingerprint density at radius 3 is 2.50 bits per heavy atom. The van der Waals surface area contributed by atoms with E-state index in [4.69, 9.17) is 9.47 Å². The van der Waals surface area contributed by atoms with Gasteiger partial charge in [0.25, 0.3) is 0 Å². The fourth-order valence-electron chi connectivity index (χ4n) is 2.43. The van der Waals surface area contributed by atoms with Crippen LogP contribution in [0.5, 0.6) is 0 Å². The number of hydrogen-bond donors (Lipinski definition) is 0. The van der Waals surface area contributed by atoms with Crippen LogP contribution in [-0.4, -0.2) is 48.2 Å². The average molecular weight is 285 g/mol. The summed E-state index contributed by atoms with van der Waals surface area (Å²) in [7, 11) is 0. The molecule has 5 nitrogen and oxygen atoms in total. The lowest BCUT2D eigenvalue weighted by atomic mass is 9.91. The summed E-state index contributed by atoms with van der Waals surface area (Å²) in [6, 6.07) is 0. The van der Waals surface area contributed by atoms with E-state index in [1.54, 1.807) is 11.8 Å². The minimum atomic E-state index is -0.416. The molecular formula is C15H27NO4. The molecule has 2 atom stereocenters. The first kappa shape index (κ1) is 17.0.